The van der Waals surface area contributed by atoms with E-state index >= 15 is 0 Å². The number of fused-ring (bicyclic) bond motifs is 1. The highest BCUT2D eigenvalue weighted by Gasteiger charge is 2.30. The lowest BCUT2D eigenvalue weighted by Gasteiger charge is -2.24. The molecule has 2 aromatic rings. The zero-order valence-electron chi connectivity index (χ0n) is 13.9. The maximum atomic E-state index is 13.1. The second kappa shape index (κ2) is 7.67. The van der Waals surface area contributed by atoms with Crippen molar-refractivity contribution in [2.45, 2.75) is 23.8 Å². The fourth-order valence-corrected chi connectivity index (χ4v) is 5.48. The number of benzene rings is 2. The van der Waals surface area contributed by atoms with Crippen molar-refractivity contribution in [1.82, 2.24) is 4.90 Å². The second-order valence-corrected chi connectivity index (χ2v) is 8.55. The molecule has 2 aromatic carbocycles. The molecule has 1 amide bonds. The standard InChI is InChI=1S/C20H20N2OS2/c23-19(22-12-6-7-13-22)18(15-8-2-1-3-9-15)25-20-21-17-11-5-4-10-16(17)14-24-20/h1-5,8-11,18H,6-7,12-14H2. The van der Waals surface area contributed by atoms with E-state index in [9.17, 15) is 4.79 Å². The van der Waals surface area contributed by atoms with Gasteiger partial charge in [0.05, 0.1) is 5.69 Å². The van der Waals surface area contributed by atoms with E-state index in [1.807, 2.05) is 41.3 Å². The normalized spacial score (nSPS) is 17.8. The van der Waals surface area contributed by atoms with E-state index in [0.717, 1.165) is 47.3 Å². The summed E-state index contributed by atoms with van der Waals surface area (Å²) in [5, 5.41) is -0.212. The van der Waals surface area contributed by atoms with Crippen LogP contribution >= 0.6 is 23.5 Å². The monoisotopic (exact) mass is 368 g/mol. The molecule has 0 aromatic heterocycles. The van der Waals surface area contributed by atoms with Crippen molar-refractivity contribution in [3.8, 4) is 0 Å². The minimum Gasteiger partial charge on any atom is -0.341 e. The molecule has 128 valence electrons. The van der Waals surface area contributed by atoms with Crippen molar-refractivity contribution in [2.24, 2.45) is 4.99 Å². The number of likely N-dealkylation sites (tertiary alicyclic amines) is 1. The van der Waals surface area contributed by atoms with E-state index in [1.165, 1.54) is 5.56 Å². The number of carbonyl (C=O) groups is 1. The van der Waals surface area contributed by atoms with Gasteiger partial charge in [-0.25, -0.2) is 4.99 Å². The van der Waals surface area contributed by atoms with Crippen LogP contribution in [-0.2, 0) is 10.5 Å². The van der Waals surface area contributed by atoms with E-state index in [-0.39, 0.29) is 11.2 Å². The lowest BCUT2D eigenvalue weighted by molar-refractivity contribution is -0.129. The lowest BCUT2D eigenvalue weighted by atomic mass is 10.1. The number of thioether (sulfide) groups is 2. The molecule has 0 radical (unpaired) electrons. The Morgan fingerprint density at radius 3 is 2.56 bits per heavy atom. The molecule has 2 aliphatic heterocycles. The number of aliphatic imine (C=N–C) groups is 1. The van der Waals surface area contributed by atoms with Gasteiger partial charge in [-0.1, -0.05) is 72.1 Å². The first-order valence-corrected chi connectivity index (χ1v) is 10.5. The predicted molar refractivity (Wildman–Crippen MR) is 107 cm³/mol. The Morgan fingerprint density at radius 1 is 1.04 bits per heavy atom. The molecule has 0 N–H and O–H groups in total. The largest absolute Gasteiger partial charge is 0.341 e. The number of amides is 1. The van der Waals surface area contributed by atoms with Gasteiger partial charge in [-0.3, -0.25) is 4.79 Å². The molecule has 0 aliphatic carbocycles. The van der Waals surface area contributed by atoms with Crippen molar-refractivity contribution in [2.75, 3.05) is 13.1 Å². The molecule has 2 aliphatic rings. The van der Waals surface area contributed by atoms with Crippen LogP contribution in [0.5, 0.6) is 0 Å². The molecule has 5 heteroatoms. The highest BCUT2D eigenvalue weighted by Crippen LogP contribution is 2.41. The summed E-state index contributed by atoms with van der Waals surface area (Å²) in [6.45, 7) is 1.76. The second-order valence-electron chi connectivity index (χ2n) is 6.24. The Kier molecular flexibility index (Phi) is 5.13. The minimum absolute atomic E-state index is 0.212. The minimum atomic E-state index is -0.212. The molecule has 1 unspecified atom stereocenters. The Hall–Kier alpha value is -1.72. The van der Waals surface area contributed by atoms with Gasteiger partial charge < -0.3 is 4.90 Å². The van der Waals surface area contributed by atoms with Crippen LogP contribution in [0.25, 0.3) is 0 Å². The maximum Gasteiger partial charge on any atom is 0.240 e. The molecule has 25 heavy (non-hydrogen) atoms. The van der Waals surface area contributed by atoms with Crippen molar-refractivity contribution in [1.29, 1.82) is 0 Å². The van der Waals surface area contributed by atoms with E-state index in [2.05, 4.69) is 18.2 Å². The highest BCUT2D eigenvalue weighted by atomic mass is 32.2. The SMILES string of the molecule is O=C(C(SC1=Nc2ccccc2CS1)c1ccccc1)N1CCCC1. The number of hydrogen-bond donors (Lipinski definition) is 0. The van der Waals surface area contributed by atoms with Crippen LogP contribution in [0.1, 0.15) is 29.2 Å². The van der Waals surface area contributed by atoms with Gasteiger partial charge >= 0.3 is 0 Å². The first kappa shape index (κ1) is 16.7. The van der Waals surface area contributed by atoms with Crippen molar-refractivity contribution in [3.63, 3.8) is 0 Å². The van der Waals surface area contributed by atoms with Gasteiger partial charge in [0, 0.05) is 18.8 Å². The Bertz CT molecular complexity index is 785. The molecule has 4 rings (SSSR count). The Labute approximate surface area is 156 Å². The predicted octanol–water partition coefficient (Wildman–Crippen LogP) is 5.02. The Balaban J connectivity index is 1.61. The number of hydrogen-bond acceptors (Lipinski definition) is 4. The van der Waals surface area contributed by atoms with Crippen LogP contribution < -0.4 is 0 Å². The third-order valence-corrected chi connectivity index (χ3v) is 6.96. The Morgan fingerprint density at radius 2 is 1.76 bits per heavy atom. The summed E-state index contributed by atoms with van der Waals surface area (Å²) in [6, 6.07) is 18.3. The van der Waals surface area contributed by atoms with E-state index < -0.39 is 0 Å². The summed E-state index contributed by atoms with van der Waals surface area (Å²) >= 11 is 3.33. The average Bonchev–Trinajstić information content (AvgIpc) is 3.21. The molecular formula is C20H20N2OS2. The van der Waals surface area contributed by atoms with Crippen LogP contribution in [0, 0.1) is 0 Å². The van der Waals surface area contributed by atoms with Crippen LogP contribution in [0.2, 0.25) is 0 Å². The van der Waals surface area contributed by atoms with Crippen molar-refractivity contribution < 1.29 is 4.79 Å². The topological polar surface area (TPSA) is 32.7 Å². The summed E-state index contributed by atoms with van der Waals surface area (Å²) in [5.74, 6) is 1.14. The van der Waals surface area contributed by atoms with Gasteiger partial charge in [0.25, 0.3) is 0 Å². The molecule has 1 atom stereocenters. The van der Waals surface area contributed by atoms with Gasteiger partial charge in [0.1, 0.15) is 9.63 Å². The van der Waals surface area contributed by atoms with Gasteiger partial charge in [0.2, 0.25) is 5.91 Å². The van der Waals surface area contributed by atoms with Gasteiger partial charge in [-0.2, -0.15) is 0 Å². The average molecular weight is 369 g/mol. The zero-order chi connectivity index (χ0) is 17.1. The number of nitrogens with zero attached hydrogens (tertiary/aromatic N) is 2. The first-order chi connectivity index (χ1) is 12.3. The summed E-state index contributed by atoms with van der Waals surface area (Å²) < 4.78 is 0.986. The molecule has 1 saturated heterocycles. The third-order valence-electron chi connectivity index (χ3n) is 4.52. The van der Waals surface area contributed by atoms with Gasteiger partial charge in [0.15, 0.2) is 0 Å². The van der Waals surface area contributed by atoms with Crippen molar-refractivity contribution in [3.05, 3.63) is 65.7 Å². The zero-order valence-corrected chi connectivity index (χ0v) is 15.6. The van der Waals surface area contributed by atoms with Crippen molar-refractivity contribution >= 4 is 39.5 Å². The lowest BCUT2D eigenvalue weighted by Crippen LogP contribution is -2.31. The molecule has 2 heterocycles. The highest BCUT2D eigenvalue weighted by molar-refractivity contribution is 8.38. The first-order valence-electron chi connectivity index (χ1n) is 8.61. The molecule has 3 nitrogen and oxygen atoms in total. The fraction of sp³-hybridized carbons (Fsp3) is 0.300. The smallest absolute Gasteiger partial charge is 0.240 e. The van der Waals surface area contributed by atoms with Gasteiger partial charge in [-0.15, -0.1) is 0 Å². The van der Waals surface area contributed by atoms with E-state index in [0.29, 0.717) is 0 Å². The van der Waals surface area contributed by atoms with Crippen LogP contribution in [0.15, 0.2) is 59.6 Å². The van der Waals surface area contributed by atoms with Crippen LogP contribution in [0.4, 0.5) is 5.69 Å². The van der Waals surface area contributed by atoms with E-state index in [1.54, 1.807) is 23.5 Å². The molecular weight excluding hydrogens is 348 g/mol. The van der Waals surface area contributed by atoms with Crippen LogP contribution in [0.3, 0.4) is 0 Å². The molecule has 0 bridgehead atoms. The maximum absolute atomic E-state index is 13.1. The van der Waals surface area contributed by atoms with Crippen LogP contribution in [-0.4, -0.2) is 28.3 Å². The number of carbonyl (C=O) groups excluding carboxylic acids is 1. The molecule has 0 spiro atoms. The summed E-state index contributed by atoms with van der Waals surface area (Å²) in [4.78, 5) is 19.9. The van der Waals surface area contributed by atoms with Gasteiger partial charge in [-0.05, 0) is 30.0 Å². The molecule has 0 saturated carbocycles. The summed E-state index contributed by atoms with van der Waals surface area (Å²) in [7, 11) is 0. The summed E-state index contributed by atoms with van der Waals surface area (Å²) in [6.07, 6.45) is 2.22. The number of rotatable bonds is 3. The summed E-state index contributed by atoms with van der Waals surface area (Å²) in [5.41, 5.74) is 3.36. The molecule has 1 fully saturated rings. The fourth-order valence-electron chi connectivity index (χ4n) is 3.17. The third kappa shape index (κ3) is 3.77. The van der Waals surface area contributed by atoms with E-state index in [4.69, 9.17) is 4.99 Å². The quantitative estimate of drug-likeness (QED) is 0.763. The number of para-hydroxylation sites is 1.